The highest BCUT2D eigenvalue weighted by molar-refractivity contribution is 4.97. The zero-order chi connectivity index (χ0) is 15.5. The van der Waals surface area contributed by atoms with E-state index in [4.69, 9.17) is 0 Å². The van der Waals surface area contributed by atoms with Crippen molar-refractivity contribution >= 4 is 0 Å². The minimum absolute atomic E-state index is 0.468. The second-order valence-corrected chi connectivity index (χ2v) is 8.45. The van der Waals surface area contributed by atoms with Crippen LogP contribution in [0.5, 0.6) is 0 Å². The van der Waals surface area contributed by atoms with Gasteiger partial charge in [-0.15, -0.1) is 0 Å². The van der Waals surface area contributed by atoms with Crippen molar-refractivity contribution in [1.82, 2.24) is 10.2 Å². The van der Waals surface area contributed by atoms with Gasteiger partial charge in [-0.25, -0.2) is 0 Å². The fraction of sp³-hybridized carbons (Fsp3) is 1.00. The molecule has 1 saturated carbocycles. The average molecular weight is 295 g/mol. The molecule has 0 amide bonds. The number of rotatable bonds is 5. The lowest BCUT2D eigenvalue weighted by Crippen LogP contribution is -2.55. The standard InChI is InChI=1S/C19H38N2/c1-6-12-20-17-11-10-15(19(3,4)5)14-18(17)21-13-8-9-16(21)7-2/h15-18,20H,6-14H2,1-5H3. The van der Waals surface area contributed by atoms with Gasteiger partial charge in [0.15, 0.2) is 0 Å². The first-order valence-electron chi connectivity index (χ1n) is 9.46. The zero-order valence-corrected chi connectivity index (χ0v) is 15.1. The first-order valence-corrected chi connectivity index (χ1v) is 9.46. The summed E-state index contributed by atoms with van der Waals surface area (Å²) in [5.41, 5.74) is 0.468. The number of hydrogen-bond donors (Lipinski definition) is 1. The summed E-state index contributed by atoms with van der Waals surface area (Å²) in [7, 11) is 0. The quantitative estimate of drug-likeness (QED) is 0.806. The normalized spacial score (nSPS) is 35.3. The first-order chi connectivity index (χ1) is 9.97. The third-order valence-electron chi connectivity index (χ3n) is 6.02. The molecule has 0 aromatic heterocycles. The zero-order valence-electron chi connectivity index (χ0n) is 15.1. The summed E-state index contributed by atoms with van der Waals surface area (Å²) < 4.78 is 0. The summed E-state index contributed by atoms with van der Waals surface area (Å²) in [5.74, 6) is 0.889. The van der Waals surface area contributed by atoms with Gasteiger partial charge in [-0.05, 0) is 69.4 Å². The lowest BCUT2D eigenvalue weighted by atomic mass is 9.69. The molecule has 1 saturated heterocycles. The van der Waals surface area contributed by atoms with Crippen LogP contribution in [-0.4, -0.2) is 36.1 Å². The Hall–Kier alpha value is -0.0800. The average Bonchev–Trinajstić information content (AvgIpc) is 2.92. The number of nitrogens with zero attached hydrogens (tertiary/aromatic N) is 1. The van der Waals surface area contributed by atoms with Crippen LogP contribution in [0.3, 0.4) is 0 Å². The SMILES string of the molecule is CCCNC1CCC(C(C)(C)C)CC1N1CCCC1CC. The highest BCUT2D eigenvalue weighted by Crippen LogP contribution is 2.41. The molecule has 4 unspecified atom stereocenters. The predicted molar refractivity (Wildman–Crippen MR) is 92.7 cm³/mol. The van der Waals surface area contributed by atoms with Crippen LogP contribution in [0.15, 0.2) is 0 Å². The molecule has 1 heterocycles. The van der Waals surface area contributed by atoms with Crippen molar-refractivity contribution in [3.05, 3.63) is 0 Å². The van der Waals surface area contributed by atoms with Crippen LogP contribution in [0.2, 0.25) is 0 Å². The summed E-state index contributed by atoms with van der Waals surface area (Å²) in [6, 6.07) is 2.36. The number of likely N-dealkylation sites (tertiary alicyclic amines) is 1. The van der Waals surface area contributed by atoms with E-state index in [-0.39, 0.29) is 0 Å². The smallest absolute Gasteiger partial charge is 0.0255 e. The number of hydrogen-bond acceptors (Lipinski definition) is 2. The first kappa shape index (κ1) is 17.3. The number of nitrogens with one attached hydrogen (secondary N) is 1. The maximum absolute atomic E-state index is 3.87. The summed E-state index contributed by atoms with van der Waals surface area (Å²) in [6.45, 7) is 14.5. The summed E-state index contributed by atoms with van der Waals surface area (Å²) in [4.78, 5) is 2.88. The van der Waals surface area contributed by atoms with Crippen molar-refractivity contribution in [3.8, 4) is 0 Å². The van der Waals surface area contributed by atoms with E-state index in [2.05, 4.69) is 44.8 Å². The molecule has 1 N–H and O–H groups in total. The van der Waals surface area contributed by atoms with Crippen LogP contribution in [0.4, 0.5) is 0 Å². The molecule has 0 spiro atoms. The van der Waals surface area contributed by atoms with Crippen molar-refractivity contribution < 1.29 is 0 Å². The van der Waals surface area contributed by atoms with Gasteiger partial charge in [0.05, 0.1) is 0 Å². The molecule has 0 radical (unpaired) electrons. The molecule has 4 atom stereocenters. The molecule has 2 heteroatoms. The van der Waals surface area contributed by atoms with Gasteiger partial charge in [0.25, 0.3) is 0 Å². The Bertz CT molecular complexity index is 307. The van der Waals surface area contributed by atoms with Crippen LogP contribution < -0.4 is 5.32 Å². The molecule has 0 bridgehead atoms. The molecule has 1 aliphatic heterocycles. The molecule has 1 aliphatic carbocycles. The maximum atomic E-state index is 3.87. The Morgan fingerprint density at radius 2 is 1.86 bits per heavy atom. The molecule has 0 aromatic rings. The van der Waals surface area contributed by atoms with Crippen LogP contribution in [0.1, 0.15) is 79.6 Å². The summed E-state index contributed by atoms with van der Waals surface area (Å²) in [5, 5.41) is 3.87. The Morgan fingerprint density at radius 3 is 2.48 bits per heavy atom. The highest BCUT2D eigenvalue weighted by Gasteiger charge is 2.41. The molecule has 2 fully saturated rings. The minimum atomic E-state index is 0.468. The maximum Gasteiger partial charge on any atom is 0.0255 e. The van der Waals surface area contributed by atoms with E-state index in [9.17, 15) is 0 Å². The Balaban J connectivity index is 2.08. The van der Waals surface area contributed by atoms with Crippen LogP contribution in [0.25, 0.3) is 0 Å². The van der Waals surface area contributed by atoms with Gasteiger partial charge in [0.1, 0.15) is 0 Å². The third-order valence-corrected chi connectivity index (χ3v) is 6.02. The minimum Gasteiger partial charge on any atom is -0.312 e. The summed E-state index contributed by atoms with van der Waals surface area (Å²) >= 11 is 0. The molecule has 124 valence electrons. The van der Waals surface area contributed by atoms with E-state index >= 15 is 0 Å². The van der Waals surface area contributed by atoms with E-state index in [0.29, 0.717) is 5.41 Å². The molecular weight excluding hydrogens is 256 g/mol. The second-order valence-electron chi connectivity index (χ2n) is 8.45. The highest BCUT2D eigenvalue weighted by atomic mass is 15.2. The molecule has 21 heavy (non-hydrogen) atoms. The van der Waals surface area contributed by atoms with Gasteiger partial charge in [-0.1, -0.05) is 34.6 Å². The lowest BCUT2D eigenvalue weighted by molar-refractivity contribution is 0.0500. The third kappa shape index (κ3) is 4.22. The lowest BCUT2D eigenvalue weighted by Gasteiger charge is -2.47. The monoisotopic (exact) mass is 294 g/mol. The topological polar surface area (TPSA) is 15.3 Å². The molecule has 2 rings (SSSR count). The Morgan fingerprint density at radius 1 is 1.10 bits per heavy atom. The van der Waals surface area contributed by atoms with Crippen LogP contribution in [0, 0.1) is 11.3 Å². The van der Waals surface area contributed by atoms with Crippen molar-refractivity contribution in [3.63, 3.8) is 0 Å². The van der Waals surface area contributed by atoms with Gasteiger partial charge >= 0.3 is 0 Å². The molecular formula is C19H38N2. The predicted octanol–water partition coefficient (Wildman–Crippen LogP) is 4.44. The van der Waals surface area contributed by atoms with Crippen molar-refractivity contribution in [2.75, 3.05) is 13.1 Å². The fourth-order valence-corrected chi connectivity index (χ4v) is 4.60. The van der Waals surface area contributed by atoms with Gasteiger partial charge < -0.3 is 5.32 Å². The van der Waals surface area contributed by atoms with Crippen LogP contribution >= 0.6 is 0 Å². The van der Waals surface area contributed by atoms with Gasteiger partial charge in [-0.2, -0.15) is 0 Å². The Kier molecular flexibility index (Phi) is 6.14. The van der Waals surface area contributed by atoms with E-state index in [1.807, 2.05) is 0 Å². The van der Waals surface area contributed by atoms with Crippen molar-refractivity contribution in [1.29, 1.82) is 0 Å². The van der Waals surface area contributed by atoms with Crippen molar-refractivity contribution in [2.24, 2.45) is 11.3 Å². The second kappa shape index (κ2) is 7.46. The van der Waals surface area contributed by atoms with E-state index in [1.165, 1.54) is 58.0 Å². The van der Waals surface area contributed by atoms with Gasteiger partial charge in [0, 0.05) is 18.1 Å². The largest absolute Gasteiger partial charge is 0.312 e. The summed E-state index contributed by atoms with van der Waals surface area (Å²) in [6.07, 6.45) is 9.61. The van der Waals surface area contributed by atoms with Crippen LogP contribution in [-0.2, 0) is 0 Å². The van der Waals surface area contributed by atoms with Gasteiger partial charge in [0.2, 0.25) is 0 Å². The molecule has 2 nitrogen and oxygen atoms in total. The van der Waals surface area contributed by atoms with Crippen molar-refractivity contribution in [2.45, 2.75) is 97.7 Å². The van der Waals surface area contributed by atoms with E-state index < -0.39 is 0 Å². The molecule has 0 aromatic carbocycles. The van der Waals surface area contributed by atoms with E-state index in [1.54, 1.807) is 0 Å². The van der Waals surface area contributed by atoms with E-state index in [0.717, 1.165) is 24.0 Å². The molecule has 2 aliphatic rings. The fourth-order valence-electron chi connectivity index (χ4n) is 4.60. The Labute approximate surface area is 133 Å². The van der Waals surface area contributed by atoms with Gasteiger partial charge in [-0.3, -0.25) is 4.90 Å².